The Morgan fingerprint density at radius 2 is 2.22 bits per heavy atom. The van der Waals surface area contributed by atoms with Gasteiger partial charge in [0.2, 0.25) is 0 Å². The van der Waals surface area contributed by atoms with Crippen LogP contribution in [0.2, 0.25) is 0 Å². The molecule has 0 aliphatic heterocycles. The third-order valence-electron chi connectivity index (χ3n) is 2.01. The Labute approximate surface area is 127 Å². The molecule has 0 spiro atoms. The fourth-order valence-electron chi connectivity index (χ4n) is 1.14. The summed E-state index contributed by atoms with van der Waals surface area (Å²) in [5, 5.41) is 2.59. The molecule has 1 rings (SSSR count). The van der Waals surface area contributed by atoms with E-state index in [0.29, 0.717) is 5.69 Å². The van der Waals surface area contributed by atoms with Crippen molar-refractivity contribution >= 4 is 56.1 Å². The standard InChI is InChI=1S/C11H12BrIN2O3/c1-2-18-11(17)9(14)10(16)15-8-5-6(12)3-4-7(8)13/h3-5,9H,2,14H2,1H3,(H,15,16). The smallest absolute Gasteiger partial charge is 0.332 e. The summed E-state index contributed by atoms with van der Waals surface area (Å²) in [6.07, 6.45) is 0. The number of carbonyl (C=O) groups is 2. The maximum Gasteiger partial charge on any atom is 0.332 e. The van der Waals surface area contributed by atoms with Gasteiger partial charge in [0.25, 0.3) is 5.91 Å². The van der Waals surface area contributed by atoms with Crippen LogP contribution in [-0.2, 0) is 14.3 Å². The van der Waals surface area contributed by atoms with Crippen LogP contribution in [0.25, 0.3) is 0 Å². The summed E-state index contributed by atoms with van der Waals surface area (Å²) < 4.78 is 6.35. The number of rotatable bonds is 4. The van der Waals surface area contributed by atoms with E-state index in [4.69, 9.17) is 5.73 Å². The fraction of sp³-hybridized carbons (Fsp3) is 0.273. The number of benzene rings is 1. The van der Waals surface area contributed by atoms with Crippen molar-refractivity contribution in [3.63, 3.8) is 0 Å². The van der Waals surface area contributed by atoms with Gasteiger partial charge in [0, 0.05) is 8.04 Å². The molecular formula is C11H12BrIN2O3. The average molecular weight is 427 g/mol. The molecule has 3 N–H and O–H groups in total. The summed E-state index contributed by atoms with van der Waals surface area (Å²) in [5.41, 5.74) is 6.07. The first-order chi connectivity index (χ1) is 8.45. The van der Waals surface area contributed by atoms with E-state index in [1.54, 1.807) is 13.0 Å². The lowest BCUT2D eigenvalue weighted by Gasteiger charge is -2.12. The first-order valence-electron chi connectivity index (χ1n) is 5.13. The molecule has 0 aromatic heterocycles. The van der Waals surface area contributed by atoms with Gasteiger partial charge in [-0.05, 0) is 47.7 Å². The molecule has 5 nitrogen and oxygen atoms in total. The summed E-state index contributed by atoms with van der Waals surface area (Å²) in [4.78, 5) is 23.0. The second-order valence-corrected chi connectivity index (χ2v) is 5.42. The van der Waals surface area contributed by atoms with Crippen molar-refractivity contribution < 1.29 is 14.3 Å². The molecule has 1 atom stereocenters. The van der Waals surface area contributed by atoms with E-state index in [2.05, 4.69) is 48.6 Å². The van der Waals surface area contributed by atoms with Gasteiger partial charge in [0.15, 0.2) is 6.04 Å². The van der Waals surface area contributed by atoms with Gasteiger partial charge in [-0.15, -0.1) is 0 Å². The van der Waals surface area contributed by atoms with E-state index in [0.717, 1.165) is 8.04 Å². The second-order valence-electron chi connectivity index (χ2n) is 3.34. The topological polar surface area (TPSA) is 81.4 Å². The molecule has 0 saturated heterocycles. The van der Waals surface area contributed by atoms with Crippen LogP contribution in [0.4, 0.5) is 5.69 Å². The summed E-state index contributed by atoms with van der Waals surface area (Å²) >= 11 is 5.37. The van der Waals surface area contributed by atoms with Crippen molar-refractivity contribution in [3.05, 3.63) is 26.2 Å². The maximum absolute atomic E-state index is 11.7. The van der Waals surface area contributed by atoms with E-state index >= 15 is 0 Å². The molecule has 0 fully saturated rings. The quantitative estimate of drug-likeness (QED) is 0.437. The van der Waals surface area contributed by atoms with Gasteiger partial charge in [-0.1, -0.05) is 15.9 Å². The van der Waals surface area contributed by atoms with Gasteiger partial charge < -0.3 is 15.8 Å². The van der Waals surface area contributed by atoms with Crippen molar-refractivity contribution in [2.24, 2.45) is 5.73 Å². The van der Waals surface area contributed by atoms with Gasteiger partial charge in [0.1, 0.15) is 0 Å². The molecular weight excluding hydrogens is 415 g/mol. The molecule has 0 heterocycles. The van der Waals surface area contributed by atoms with Crippen molar-refractivity contribution in [1.82, 2.24) is 0 Å². The zero-order valence-corrected chi connectivity index (χ0v) is 13.3. The maximum atomic E-state index is 11.7. The first kappa shape index (κ1) is 15.4. The highest BCUT2D eigenvalue weighted by atomic mass is 127. The summed E-state index contributed by atoms with van der Waals surface area (Å²) in [6.45, 7) is 1.84. The van der Waals surface area contributed by atoms with Crippen molar-refractivity contribution in [2.45, 2.75) is 13.0 Å². The van der Waals surface area contributed by atoms with Crippen LogP contribution in [0.1, 0.15) is 6.92 Å². The highest BCUT2D eigenvalue weighted by molar-refractivity contribution is 14.1. The number of nitrogens with two attached hydrogens (primary N) is 1. The number of carbonyl (C=O) groups excluding carboxylic acids is 2. The van der Waals surface area contributed by atoms with E-state index in [-0.39, 0.29) is 6.61 Å². The van der Waals surface area contributed by atoms with Crippen LogP contribution < -0.4 is 11.1 Å². The molecule has 98 valence electrons. The van der Waals surface area contributed by atoms with Gasteiger partial charge in [-0.3, -0.25) is 4.79 Å². The molecule has 7 heteroatoms. The Hall–Kier alpha value is -0.670. The minimum absolute atomic E-state index is 0.189. The number of nitrogens with one attached hydrogen (secondary N) is 1. The molecule has 1 aromatic rings. The molecule has 0 saturated carbocycles. The highest BCUT2D eigenvalue weighted by Crippen LogP contribution is 2.22. The van der Waals surface area contributed by atoms with E-state index in [1.165, 1.54) is 0 Å². The van der Waals surface area contributed by atoms with Crippen LogP contribution in [0, 0.1) is 3.57 Å². The minimum Gasteiger partial charge on any atom is -0.464 e. The summed E-state index contributed by atoms with van der Waals surface area (Å²) in [6, 6.07) is 4.09. The number of amides is 1. The Kier molecular flexibility index (Phi) is 6.03. The number of halogens is 2. The Balaban J connectivity index is 2.75. The van der Waals surface area contributed by atoms with E-state index < -0.39 is 17.9 Å². The minimum atomic E-state index is -1.32. The van der Waals surface area contributed by atoms with E-state index in [9.17, 15) is 9.59 Å². The lowest BCUT2D eigenvalue weighted by atomic mass is 10.2. The summed E-state index contributed by atoms with van der Waals surface area (Å²) in [7, 11) is 0. The first-order valence-corrected chi connectivity index (χ1v) is 7.01. The Morgan fingerprint density at radius 3 is 2.83 bits per heavy atom. The normalized spacial score (nSPS) is 11.8. The van der Waals surface area contributed by atoms with Crippen molar-refractivity contribution in [1.29, 1.82) is 0 Å². The second kappa shape index (κ2) is 7.05. The van der Waals surface area contributed by atoms with Gasteiger partial charge in [0.05, 0.1) is 12.3 Å². The largest absolute Gasteiger partial charge is 0.464 e. The number of hydrogen-bond donors (Lipinski definition) is 2. The van der Waals surface area contributed by atoms with Crippen LogP contribution in [0.5, 0.6) is 0 Å². The molecule has 1 aromatic carbocycles. The lowest BCUT2D eigenvalue weighted by molar-refractivity contribution is -0.146. The van der Waals surface area contributed by atoms with Crippen LogP contribution in [0.15, 0.2) is 22.7 Å². The molecule has 1 amide bonds. The monoisotopic (exact) mass is 426 g/mol. The Bertz CT molecular complexity index is 468. The number of anilines is 1. The van der Waals surface area contributed by atoms with E-state index in [1.807, 2.05) is 12.1 Å². The molecule has 1 unspecified atom stereocenters. The predicted octanol–water partition coefficient (Wildman–Crippen LogP) is 1.88. The molecule has 0 bridgehead atoms. The average Bonchev–Trinajstić information content (AvgIpc) is 2.33. The SMILES string of the molecule is CCOC(=O)C(N)C(=O)Nc1cc(Br)ccc1I. The predicted molar refractivity (Wildman–Crippen MR) is 80.1 cm³/mol. The van der Waals surface area contributed by atoms with Crippen molar-refractivity contribution in [3.8, 4) is 0 Å². The van der Waals surface area contributed by atoms with Crippen LogP contribution in [0.3, 0.4) is 0 Å². The van der Waals surface area contributed by atoms with Gasteiger partial charge in [-0.25, -0.2) is 4.79 Å². The molecule has 0 radical (unpaired) electrons. The third-order valence-corrected chi connectivity index (χ3v) is 3.44. The lowest BCUT2D eigenvalue weighted by Crippen LogP contribution is -2.43. The zero-order valence-electron chi connectivity index (χ0n) is 9.57. The number of ether oxygens (including phenoxy) is 1. The summed E-state index contributed by atoms with van der Waals surface area (Å²) in [5.74, 6) is -1.33. The number of hydrogen-bond acceptors (Lipinski definition) is 4. The van der Waals surface area contributed by atoms with Crippen LogP contribution in [-0.4, -0.2) is 24.5 Å². The molecule has 0 aliphatic rings. The third kappa shape index (κ3) is 4.21. The van der Waals surface area contributed by atoms with Crippen LogP contribution >= 0.6 is 38.5 Å². The number of esters is 1. The Morgan fingerprint density at radius 1 is 1.56 bits per heavy atom. The molecule has 0 aliphatic carbocycles. The highest BCUT2D eigenvalue weighted by Gasteiger charge is 2.23. The molecule has 18 heavy (non-hydrogen) atoms. The van der Waals surface area contributed by atoms with Gasteiger partial charge >= 0.3 is 5.97 Å². The fourth-order valence-corrected chi connectivity index (χ4v) is 1.97. The van der Waals surface area contributed by atoms with Gasteiger partial charge in [-0.2, -0.15) is 0 Å². The zero-order chi connectivity index (χ0) is 13.7. The van der Waals surface area contributed by atoms with Crippen molar-refractivity contribution in [2.75, 3.05) is 11.9 Å².